The number of hydrogen-bond donors (Lipinski definition) is 1. The second-order valence-electron chi connectivity index (χ2n) is 10.6. The van der Waals surface area contributed by atoms with Gasteiger partial charge in [0.05, 0.1) is 41.3 Å². The zero-order valence-corrected chi connectivity index (χ0v) is 23.5. The summed E-state index contributed by atoms with van der Waals surface area (Å²) < 4.78 is 23.9. The molecule has 1 N–H and O–H groups in total. The van der Waals surface area contributed by atoms with Crippen LogP contribution in [0.3, 0.4) is 0 Å². The number of nitrogens with zero attached hydrogens (tertiary/aromatic N) is 8. The molecule has 0 atom stereocenters. The van der Waals surface area contributed by atoms with Crippen LogP contribution in [0.2, 0.25) is 0 Å². The number of aromatic carboxylic acids is 1. The molecule has 5 aromatic rings. The van der Waals surface area contributed by atoms with Gasteiger partial charge in [-0.25, -0.2) is 19.2 Å². The first-order valence-corrected chi connectivity index (χ1v) is 13.9. The summed E-state index contributed by atoms with van der Waals surface area (Å²) in [6.07, 6.45) is 3.43. The molecular weight excluding hydrogens is 551 g/mol. The van der Waals surface area contributed by atoms with E-state index in [4.69, 9.17) is 20.0 Å². The Morgan fingerprint density at radius 2 is 1.93 bits per heavy atom. The average Bonchev–Trinajstić information content (AvgIpc) is 3.58. The number of nitriles is 1. The molecule has 1 aliphatic rings. The summed E-state index contributed by atoms with van der Waals surface area (Å²) in [5.41, 5.74) is 3.26. The number of likely N-dealkylation sites (tertiary alicyclic amines) is 1. The molecule has 0 saturated carbocycles. The van der Waals surface area contributed by atoms with E-state index < -0.39 is 11.8 Å². The van der Waals surface area contributed by atoms with E-state index in [1.807, 2.05) is 34.4 Å². The normalized spacial score (nSPS) is 14.2. The third-order valence-corrected chi connectivity index (χ3v) is 7.85. The Balaban J connectivity index is 1.13. The van der Waals surface area contributed by atoms with Crippen molar-refractivity contribution in [2.45, 2.75) is 38.5 Å². The van der Waals surface area contributed by atoms with E-state index in [9.17, 15) is 14.3 Å². The van der Waals surface area contributed by atoms with Gasteiger partial charge in [-0.1, -0.05) is 12.1 Å². The predicted molar refractivity (Wildman–Crippen MR) is 154 cm³/mol. The molecular formula is C31H29FN8O3. The summed E-state index contributed by atoms with van der Waals surface area (Å²) in [6, 6.07) is 16.9. The number of imidazole rings is 1. The van der Waals surface area contributed by atoms with Gasteiger partial charge in [-0.3, -0.25) is 4.90 Å². The number of benzene rings is 2. The maximum absolute atomic E-state index is 14.3. The first-order valence-electron chi connectivity index (χ1n) is 13.9. The van der Waals surface area contributed by atoms with Crippen molar-refractivity contribution in [2.75, 3.05) is 13.1 Å². The lowest BCUT2D eigenvalue weighted by atomic mass is 9.93. The SMILES string of the molecule is Cn1cnnc1Cn1c(CN2CCC(c3cccc(OCc4ccc(C#N)cc4F)n3)CC2)nc2ccc(C(=O)O)cc21. The summed E-state index contributed by atoms with van der Waals surface area (Å²) in [4.78, 5) is 23.6. The number of pyridine rings is 1. The summed E-state index contributed by atoms with van der Waals surface area (Å²) in [7, 11) is 1.88. The van der Waals surface area contributed by atoms with Crippen molar-refractivity contribution in [3.63, 3.8) is 0 Å². The van der Waals surface area contributed by atoms with Gasteiger partial charge in [-0.05, 0) is 62.3 Å². The summed E-state index contributed by atoms with van der Waals surface area (Å²) >= 11 is 0. The molecule has 12 heteroatoms. The van der Waals surface area contributed by atoms with Crippen molar-refractivity contribution in [3.8, 4) is 11.9 Å². The van der Waals surface area contributed by atoms with Crippen LogP contribution in [0.1, 0.15) is 57.6 Å². The number of fused-ring (bicyclic) bond motifs is 1. The number of carboxylic acid groups (broad SMARTS) is 1. The average molecular weight is 581 g/mol. The second kappa shape index (κ2) is 12.0. The Kier molecular flexibility index (Phi) is 7.81. The van der Waals surface area contributed by atoms with Crippen LogP contribution in [0.4, 0.5) is 4.39 Å². The Labute approximate surface area is 246 Å². The zero-order chi connectivity index (χ0) is 29.9. The lowest BCUT2D eigenvalue weighted by Crippen LogP contribution is -2.33. The lowest BCUT2D eigenvalue weighted by Gasteiger charge is -2.31. The minimum atomic E-state index is -0.985. The number of hydrogen-bond acceptors (Lipinski definition) is 8. The topological polar surface area (TPSA) is 135 Å². The van der Waals surface area contributed by atoms with Crippen LogP contribution in [-0.4, -0.2) is 58.4 Å². The lowest BCUT2D eigenvalue weighted by molar-refractivity contribution is 0.0697. The van der Waals surface area contributed by atoms with Crippen LogP contribution in [0.25, 0.3) is 11.0 Å². The number of ether oxygens (including phenoxy) is 1. The van der Waals surface area contributed by atoms with Gasteiger partial charge < -0.3 is 19.0 Å². The van der Waals surface area contributed by atoms with E-state index in [-0.39, 0.29) is 23.7 Å². The highest BCUT2D eigenvalue weighted by molar-refractivity contribution is 5.92. The minimum absolute atomic E-state index is 0.0235. The molecule has 1 aliphatic heterocycles. The van der Waals surface area contributed by atoms with Gasteiger partial charge in [0, 0.05) is 30.3 Å². The van der Waals surface area contributed by atoms with Crippen LogP contribution in [0.5, 0.6) is 5.88 Å². The van der Waals surface area contributed by atoms with E-state index in [0.29, 0.717) is 24.5 Å². The Morgan fingerprint density at radius 3 is 2.65 bits per heavy atom. The number of piperidine rings is 1. The molecule has 0 amide bonds. The summed E-state index contributed by atoms with van der Waals surface area (Å²) in [5.74, 6) is 0.804. The maximum Gasteiger partial charge on any atom is 0.335 e. The molecule has 1 saturated heterocycles. The molecule has 4 heterocycles. The van der Waals surface area contributed by atoms with E-state index in [1.165, 1.54) is 6.07 Å². The smallest absolute Gasteiger partial charge is 0.335 e. The van der Waals surface area contributed by atoms with Crippen molar-refractivity contribution in [2.24, 2.45) is 7.05 Å². The monoisotopic (exact) mass is 580 g/mol. The first-order chi connectivity index (χ1) is 20.9. The highest BCUT2D eigenvalue weighted by Gasteiger charge is 2.24. The van der Waals surface area contributed by atoms with Gasteiger partial charge in [0.2, 0.25) is 5.88 Å². The molecule has 0 bridgehead atoms. The third-order valence-electron chi connectivity index (χ3n) is 7.85. The molecule has 1 fully saturated rings. The van der Waals surface area contributed by atoms with Crippen molar-refractivity contribution in [1.82, 2.24) is 34.2 Å². The molecule has 11 nitrogen and oxygen atoms in total. The van der Waals surface area contributed by atoms with Crippen LogP contribution in [-0.2, 0) is 26.7 Å². The summed E-state index contributed by atoms with van der Waals surface area (Å²) in [6.45, 7) is 2.72. The number of carboxylic acids is 1. The number of aromatic nitrogens is 6. The third kappa shape index (κ3) is 6.07. The summed E-state index contributed by atoms with van der Waals surface area (Å²) in [5, 5.41) is 26.7. The van der Waals surface area contributed by atoms with Gasteiger partial charge in [0.1, 0.15) is 24.6 Å². The number of halogens is 1. The number of rotatable bonds is 9. The molecule has 43 heavy (non-hydrogen) atoms. The zero-order valence-electron chi connectivity index (χ0n) is 23.5. The van der Waals surface area contributed by atoms with E-state index >= 15 is 0 Å². The molecule has 0 aliphatic carbocycles. The maximum atomic E-state index is 14.3. The van der Waals surface area contributed by atoms with Crippen LogP contribution in [0, 0.1) is 17.1 Å². The molecule has 2 aromatic carbocycles. The van der Waals surface area contributed by atoms with Crippen molar-refractivity contribution < 1.29 is 19.0 Å². The van der Waals surface area contributed by atoms with E-state index in [1.54, 1.807) is 42.7 Å². The van der Waals surface area contributed by atoms with Crippen molar-refractivity contribution in [1.29, 1.82) is 5.26 Å². The van der Waals surface area contributed by atoms with E-state index in [2.05, 4.69) is 15.1 Å². The van der Waals surface area contributed by atoms with Gasteiger partial charge in [0.25, 0.3) is 0 Å². The fourth-order valence-electron chi connectivity index (χ4n) is 5.41. The largest absolute Gasteiger partial charge is 0.478 e. The Bertz CT molecular complexity index is 1830. The fourth-order valence-corrected chi connectivity index (χ4v) is 5.41. The number of carbonyl (C=O) groups is 1. The van der Waals surface area contributed by atoms with Crippen LogP contribution < -0.4 is 4.74 Å². The van der Waals surface area contributed by atoms with Crippen LogP contribution >= 0.6 is 0 Å². The standard InChI is InChI=1S/C31H29FN8O3/c1-38-19-34-37-29(38)17-40-27-14-22(31(41)42)7-8-26(27)35-28(40)16-39-11-9-21(10-12-39)25-3-2-4-30(36-25)43-18-23-6-5-20(15-33)13-24(23)32/h2-8,13-14,19,21H,9-12,16-18H2,1H3,(H,41,42). The molecule has 6 rings (SSSR count). The Morgan fingerprint density at radius 1 is 1.09 bits per heavy atom. The molecule has 0 spiro atoms. The van der Waals surface area contributed by atoms with E-state index in [0.717, 1.165) is 54.3 Å². The Hall–Kier alpha value is -5.15. The minimum Gasteiger partial charge on any atom is -0.478 e. The van der Waals surface area contributed by atoms with Crippen LogP contribution in [0.15, 0.2) is 60.9 Å². The molecule has 3 aromatic heterocycles. The van der Waals surface area contributed by atoms with Gasteiger partial charge in [-0.15, -0.1) is 10.2 Å². The predicted octanol–water partition coefficient (Wildman–Crippen LogP) is 4.28. The highest BCUT2D eigenvalue weighted by atomic mass is 19.1. The number of aryl methyl sites for hydroxylation is 1. The van der Waals surface area contributed by atoms with Crippen molar-refractivity contribution >= 4 is 17.0 Å². The molecule has 0 radical (unpaired) electrons. The molecule has 218 valence electrons. The first kappa shape index (κ1) is 28.0. The fraction of sp³-hybridized carbons (Fsp3) is 0.290. The highest BCUT2D eigenvalue weighted by Crippen LogP contribution is 2.29. The van der Waals surface area contributed by atoms with Gasteiger partial charge in [0.15, 0.2) is 5.82 Å². The van der Waals surface area contributed by atoms with Crippen molar-refractivity contribution in [3.05, 3.63) is 101 Å². The second-order valence-corrected chi connectivity index (χ2v) is 10.6. The molecule has 0 unspecified atom stereocenters. The quantitative estimate of drug-likeness (QED) is 0.271. The van der Waals surface area contributed by atoms with Gasteiger partial charge in [-0.2, -0.15) is 5.26 Å². The van der Waals surface area contributed by atoms with Gasteiger partial charge >= 0.3 is 5.97 Å².